The van der Waals surface area contributed by atoms with Crippen LogP contribution >= 0.6 is 11.6 Å². The largest absolute Gasteiger partial charge is 0.497 e. The number of benzene rings is 2. The molecule has 0 fully saturated rings. The number of aromatic nitrogens is 2. The van der Waals surface area contributed by atoms with Gasteiger partial charge in [0.05, 0.1) is 14.2 Å². The van der Waals surface area contributed by atoms with E-state index in [4.69, 9.17) is 21.1 Å². The highest BCUT2D eigenvalue weighted by Crippen LogP contribution is 2.24. The van der Waals surface area contributed by atoms with Crippen molar-refractivity contribution in [2.24, 2.45) is 0 Å². The molecule has 8 nitrogen and oxygen atoms in total. The maximum Gasteiger partial charge on any atom is 0.272 e. The lowest BCUT2D eigenvalue weighted by atomic mass is 10.2. The van der Waals surface area contributed by atoms with E-state index in [2.05, 4.69) is 10.4 Å². The smallest absolute Gasteiger partial charge is 0.272 e. The molecule has 1 aromatic heterocycles. The molecule has 3 aromatic rings. The highest BCUT2D eigenvalue weighted by Gasteiger charge is 2.26. The second-order valence-electron chi connectivity index (χ2n) is 7.71. The average molecular weight is 469 g/mol. The first-order valence-electron chi connectivity index (χ1n) is 10.6. The number of rotatable bonds is 7. The van der Waals surface area contributed by atoms with E-state index >= 15 is 0 Å². The number of hydrogen-bond acceptors (Lipinski definition) is 5. The van der Waals surface area contributed by atoms with Crippen molar-refractivity contribution in [2.75, 3.05) is 20.8 Å². The fraction of sp³-hybridized carbons (Fsp3) is 0.292. The molecular weight excluding hydrogens is 444 g/mol. The Hall–Kier alpha value is -3.52. The number of nitrogens with one attached hydrogen (secondary N) is 1. The van der Waals surface area contributed by atoms with Crippen molar-refractivity contribution in [3.05, 3.63) is 76.1 Å². The second kappa shape index (κ2) is 9.95. The SMILES string of the molecule is COc1ccc(CNC(=O)c2cc3n(n2)CCCN(Cc2ccc(Cl)cc2)C3=O)c(OC)c1. The molecule has 0 radical (unpaired) electrons. The summed E-state index contributed by atoms with van der Waals surface area (Å²) in [4.78, 5) is 27.7. The molecule has 0 saturated carbocycles. The summed E-state index contributed by atoms with van der Waals surface area (Å²) in [7, 11) is 3.14. The van der Waals surface area contributed by atoms with Crippen molar-refractivity contribution >= 4 is 23.4 Å². The molecule has 1 aliphatic rings. The highest BCUT2D eigenvalue weighted by molar-refractivity contribution is 6.30. The molecule has 0 atom stereocenters. The minimum atomic E-state index is -0.356. The second-order valence-corrected chi connectivity index (χ2v) is 8.14. The standard InChI is InChI=1S/C24H25ClN4O4/c1-32-19-9-6-17(22(12-19)33-2)14-26-23(30)20-13-21-24(31)28(10-3-11-29(21)27-20)15-16-4-7-18(25)8-5-16/h4-9,12-13H,3,10-11,14-15H2,1-2H3,(H,26,30). The lowest BCUT2D eigenvalue weighted by molar-refractivity contribution is 0.0745. The first-order valence-corrected chi connectivity index (χ1v) is 11.0. The molecule has 0 unspecified atom stereocenters. The molecule has 0 aliphatic carbocycles. The zero-order chi connectivity index (χ0) is 23.4. The first kappa shape index (κ1) is 22.7. The number of carbonyl (C=O) groups excluding carboxylic acids is 2. The molecule has 1 N–H and O–H groups in total. The Bertz CT molecular complexity index is 1160. The molecule has 172 valence electrons. The van der Waals surface area contributed by atoms with E-state index in [1.54, 1.807) is 42.0 Å². The fourth-order valence-corrected chi connectivity index (χ4v) is 3.90. The predicted octanol–water partition coefficient (Wildman–Crippen LogP) is 3.53. The molecule has 9 heteroatoms. The molecule has 33 heavy (non-hydrogen) atoms. The monoisotopic (exact) mass is 468 g/mol. The maximum absolute atomic E-state index is 13.1. The minimum absolute atomic E-state index is 0.147. The summed E-state index contributed by atoms with van der Waals surface area (Å²) in [6, 6.07) is 14.4. The third kappa shape index (κ3) is 5.12. The molecule has 2 amide bonds. The van der Waals surface area contributed by atoms with E-state index in [0.29, 0.717) is 41.8 Å². The third-order valence-electron chi connectivity index (χ3n) is 5.54. The topological polar surface area (TPSA) is 85.7 Å². The molecule has 2 aromatic carbocycles. The summed E-state index contributed by atoms with van der Waals surface area (Å²) >= 11 is 5.96. The lowest BCUT2D eigenvalue weighted by Gasteiger charge is -2.20. The van der Waals surface area contributed by atoms with E-state index < -0.39 is 0 Å². The average Bonchev–Trinajstić information content (AvgIpc) is 3.21. The van der Waals surface area contributed by atoms with Crippen LogP contribution in [-0.4, -0.2) is 47.3 Å². The van der Waals surface area contributed by atoms with Gasteiger partial charge in [0.2, 0.25) is 0 Å². The Morgan fingerprint density at radius 1 is 1.09 bits per heavy atom. The third-order valence-corrected chi connectivity index (χ3v) is 5.79. The number of carbonyl (C=O) groups is 2. The zero-order valence-electron chi connectivity index (χ0n) is 18.5. The van der Waals surface area contributed by atoms with Gasteiger partial charge in [-0.3, -0.25) is 14.3 Å². The van der Waals surface area contributed by atoms with Gasteiger partial charge in [-0.25, -0.2) is 0 Å². The van der Waals surface area contributed by atoms with Crippen LogP contribution in [0.5, 0.6) is 11.5 Å². The van der Waals surface area contributed by atoms with Gasteiger partial charge in [-0.15, -0.1) is 0 Å². The van der Waals surface area contributed by atoms with Crippen molar-refractivity contribution in [3.63, 3.8) is 0 Å². The maximum atomic E-state index is 13.1. The minimum Gasteiger partial charge on any atom is -0.497 e. The van der Waals surface area contributed by atoms with Crippen molar-refractivity contribution in [2.45, 2.75) is 26.1 Å². The summed E-state index contributed by atoms with van der Waals surface area (Å²) < 4.78 is 12.2. The molecule has 0 spiro atoms. The van der Waals surface area contributed by atoms with Crippen LogP contribution in [0.15, 0.2) is 48.5 Å². The van der Waals surface area contributed by atoms with Crippen LogP contribution in [0.3, 0.4) is 0 Å². The summed E-state index contributed by atoms with van der Waals surface area (Å²) in [6.45, 7) is 1.91. The van der Waals surface area contributed by atoms with Gasteiger partial charge in [-0.2, -0.15) is 5.10 Å². The molecule has 0 bridgehead atoms. The van der Waals surface area contributed by atoms with Crippen LogP contribution in [0.1, 0.15) is 38.5 Å². The number of amides is 2. The van der Waals surface area contributed by atoms with Crippen LogP contribution in [0, 0.1) is 0 Å². The van der Waals surface area contributed by atoms with Crippen molar-refractivity contribution in [3.8, 4) is 11.5 Å². The zero-order valence-corrected chi connectivity index (χ0v) is 19.3. The Labute approximate surface area is 197 Å². The normalized spacial score (nSPS) is 13.3. The fourth-order valence-electron chi connectivity index (χ4n) is 3.77. The Morgan fingerprint density at radius 3 is 2.61 bits per heavy atom. The van der Waals surface area contributed by atoms with Crippen molar-refractivity contribution in [1.82, 2.24) is 20.0 Å². The van der Waals surface area contributed by atoms with Crippen LogP contribution < -0.4 is 14.8 Å². The van der Waals surface area contributed by atoms with Crippen LogP contribution in [0.4, 0.5) is 0 Å². The van der Waals surface area contributed by atoms with Crippen molar-refractivity contribution < 1.29 is 19.1 Å². The lowest BCUT2D eigenvalue weighted by Crippen LogP contribution is -2.30. The van der Waals surface area contributed by atoms with Crippen LogP contribution in [0.25, 0.3) is 0 Å². The summed E-state index contributed by atoms with van der Waals surface area (Å²) in [5, 5.41) is 7.89. The predicted molar refractivity (Wildman–Crippen MR) is 124 cm³/mol. The number of fused-ring (bicyclic) bond motifs is 1. The number of halogens is 1. The summed E-state index contributed by atoms with van der Waals surface area (Å²) in [6.07, 6.45) is 0.748. The number of ether oxygens (including phenoxy) is 2. The Morgan fingerprint density at radius 2 is 1.88 bits per heavy atom. The van der Waals surface area contributed by atoms with Gasteiger partial charge in [0.25, 0.3) is 11.8 Å². The quantitative estimate of drug-likeness (QED) is 0.573. The van der Waals surface area contributed by atoms with Gasteiger partial charge in [0, 0.05) is 48.9 Å². The Balaban J connectivity index is 1.46. The van der Waals surface area contributed by atoms with Gasteiger partial charge >= 0.3 is 0 Å². The number of methoxy groups -OCH3 is 2. The molecule has 4 rings (SSSR count). The molecular formula is C24H25ClN4O4. The number of aryl methyl sites for hydroxylation is 1. The number of hydrogen-bond donors (Lipinski definition) is 1. The van der Waals surface area contributed by atoms with E-state index in [0.717, 1.165) is 17.5 Å². The summed E-state index contributed by atoms with van der Waals surface area (Å²) in [5.74, 6) is 0.779. The van der Waals surface area contributed by atoms with E-state index in [9.17, 15) is 9.59 Å². The molecule has 1 aliphatic heterocycles. The molecule has 0 saturated heterocycles. The van der Waals surface area contributed by atoms with Gasteiger partial charge in [-0.05, 0) is 36.2 Å². The van der Waals surface area contributed by atoms with Gasteiger partial charge in [0.1, 0.15) is 17.2 Å². The Kier molecular flexibility index (Phi) is 6.84. The van der Waals surface area contributed by atoms with E-state index in [1.807, 2.05) is 30.3 Å². The van der Waals surface area contributed by atoms with Gasteiger partial charge < -0.3 is 19.7 Å². The number of nitrogens with zero attached hydrogens (tertiary/aromatic N) is 3. The van der Waals surface area contributed by atoms with E-state index in [1.165, 1.54) is 0 Å². The first-order chi connectivity index (χ1) is 16.0. The van der Waals surface area contributed by atoms with Gasteiger partial charge in [0.15, 0.2) is 5.69 Å². The highest BCUT2D eigenvalue weighted by atomic mass is 35.5. The van der Waals surface area contributed by atoms with Crippen LogP contribution in [0.2, 0.25) is 5.02 Å². The molecule has 2 heterocycles. The summed E-state index contributed by atoms with van der Waals surface area (Å²) in [5.41, 5.74) is 2.41. The van der Waals surface area contributed by atoms with Crippen LogP contribution in [-0.2, 0) is 19.6 Å². The van der Waals surface area contributed by atoms with E-state index in [-0.39, 0.29) is 24.1 Å². The van der Waals surface area contributed by atoms with Crippen molar-refractivity contribution in [1.29, 1.82) is 0 Å². The van der Waals surface area contributed by atoms with Gasteiger partial charge in [-0.1, -0.05) is 23.7 Å².